The van der Waals surface area contributed by atoms with Gasteiger partial charge in [0.05, 0.1) is 11.8 Å². The van der Waals surface area contributed by atoms with Crippen molar-refractivity contribution >= 4 is 28.3 Å². The monoisotopic (exact) mass is 451 g/mol. The molecule has 0 radical (unpaired) electrons. The van der Waals surface area contributed by atoms with E-state index in [1.54, 1.807) is 0 Å². The molecule has 5 atom stereocenters. The summed E-state index contributed by atoms with van der Waals surface area (Å²) in [4.78, 5) is 27.1. The molecule has 0 aromatic heterocycles. The van der Waals surface area contributed by atoms with Crippen LogP contribution in [-0.4, -0.2) is 18.0 Å². The van der Waals surface area contributed by atoms with Gasteiger partial charge in [-0.05, 0) is 46.7 Å². The van der Waals surface area contributed by atoms with E-state index in [0.29, 0.717) is 0 Å². The van der Waals surface area contributed by atoms with E-state index in [9.17, 15) is 9.59 Å². The van der Waals surface area contributed by atoms with E-state index < -0.39 is 11.8 Å². The van der Waals surface area contributed by atoms with E-state index in [1.165, 1.54) is 5.57 Å². The Hall–Kier alpha value is -3.40. The van der Waals surface area contributed by atoms with Gasteiger partial charge in [-0.15, -0.1) is 0 Å². The first-order chi connectivity index (χ1) is 16.4. The molecule has 0 spiro atoms. The second-order valence-corrected chi connectivity index (χ2v) is 10.8. The van der Waals surface area contributed by atoms with Gasteiger partial charge in [0.2, 0.25) is 5.91 Å². The number of esters is 1. The molecular weight excluding hydrogens is 422 g/mol. The summed E-state index contributed by atoms with van der Waals surface area (Å²) >= 11 is 0. The van der Waals surface area contributed by atoms with Crippen LogP contribution in [0, 0.1) is 23.2 Å². The third kappa shape index (κ3) is 3.53. The van der Waals surface area contributed by atoms with Crippen LogP contribution < -0.4 is 5.32 Å². The van der Waals surface area contributed by atoms with Crippen LogP contribution in [0.3, 0.4) is 0 Å². The fraction of sp³-hybridized carbons (Fsp3) is 0.333. The SMILES string of the molecule is CC1(C)CC2=C[C@H](c3ccc4ccccc4c3)[C@H](C(=O)Nc3ccccc3)[C@@H]3C(=O)O[C@H](C1)[C@H]23. The zero-order valence-corrected chi connectivity index (χ0v) is 19.5. The molecule has 4 nitrogen and oxygen atoms in total. The molecular formula is C30H29NO3. The summed E-state index contributed by atoms with van der Waals surface area (Å²) in [5.41, 5.74) is 3.15. The standard InChI is InChI=1S/C30H29NO3/c1-30(2)16-21-15-23(20-13-12-18-8-6-7-9-19(18)14-20)26(27-25(21)24(17-30)34-29(27)33)28(32)31-22-10-4-3-5-11-22/h3-15,23-27H,16-17H2,1-2H3,(H,31,32)/t23-,24-,25+,26+,27-/m1/s1. The topological polar surface area (TPSA) is 55.4 Å². The molecule has 4 heteroatoms. The van der Waals surface area contributed by atoms with Gasteiger partial charge in [-0.3, -0.25) is 9.59 Å². The van der Waals surface area contributed by atoms with E-state index >= 15 is 0 Å². The lowest BCUT2D eigenvalue weighted by Gasteiger charge is -2.44. The summed E-state index contributed by atoms with van der Waals surface area (Å²) in [5.74, 6) is -1.52. The predicted octanol–water partition coefficient (Wildman–Crippen LogP) is 6.10. The van der Waals surface area contributed by atoms with E-state index in [1.807, 2.05) is 42.5 Å². The van der Waals surface area contributed by atoms with Gasteiger partial charge in [-0.1, -0.05) is 86.2 Å². The molecule has 2 fully saturated rings. The highest BCUT2D eigenvalue weighted by Gasteiger charge is 2.59. The maximum atomic E-state index is 13.8. The third-order valence-corrected chi connectivity index (χ3v) is 7.86. The number of para-hydroxylation sites is 1. The Bertz CT molecular complexity index is 1310. The molecule has 1 amide bonds. The summed E-state index contributed by atoms with van der Waals surface area (Å²) in [6.07, 6.45) is 3.91. The predicted molar refractivity (Wildman–Crippen MR) is 133 cm³/mol. The fourth-order valence-electron chi connectivity index (χ4n) is 6.49. The second kappa shape index (κ2) is 7.83. The number of nitrogens with one attached hydrogen (secondary N) is 1. The molecule has 1 saturated carbocycles. The number of hydrogen-bond donors (Lipinski definition) is 1. The number of allylic oxidation sites excluding steroid dienone is 1. The molecule has 34 heavy (non-hydrogen) atoms. The Morgan fingerprint density at radius 2 is 1.68 bits per heavy atom. The van der Waals surface area contributed by atoms with Crippen molar-refractivity contribution in [3.8, 4) is 0 Å². The van der Waals surface area contributed by atoms with E-state index in [-0.39, 0.29) is 35.2 Å². The molecule has 1 saturated heterocycles. The van der Waals surface area contributed by atoms with Gasteiger partial charge in [-0.2, -0.15) is 0 Å². The van der Waals surface area contributed by atoms with Crippen molar-refractivity contribution in [2.24, 2.45) is 23.2 Å². The summed E-state index contributed by atoms with van der Waals surface area (Å²) < 4.78 is 5.94. The van der Waals surface area contributed by atoms with Crippen molar-refractivity contribution < 1.29 is 14.3 Å². The Labute approximate surface area is 200 Å². The summed E-state index contributed by atoms with van der Waals surface area (Å²) in [6.45, 7) is 4.48. The van der Waals surface area contributed by atoms with Crippen LogP contribution in [0.25, 0.3) is 10.8 Å². The second-order valence-electron chi connectivity index (χ2n) is 10.8. The van der Waals surface area contributed by atoms with Gasteiger partial charge in [0.15, 0.2) is 0 Å². The lowest BCUT2D eigenvalue weighted by Crippen LogP contribution is -2.45. The smallest absolute Gasteiger partial charge is 0.310 e. The molecule has 6 rings (SSSR count). The first-order valence-electron chi connectivity index (χ1n) is 12.2. The van der Waals surface area contributed by atoms with Crippen LogP contribution in [0.4, 0.5) is 5.69 Å². The minimum Gasteiger partial charge on any atom is -0.461 e. The normalized spacial score (nSPS) is 29.2. The molecule has 0 unspecified atom stereocenters. The Kier molecular flexibility index (Phi) is 4.87. The van der Waals surface area contributed by atoms with Gasteiger partial charge in [0.25, 0.3) is 0 Å². The maximum Gasteiger partial charge on any atom is 0.310 e. The highest BCUT2D eigenvalue weighted by atomic mass is 16.6. The van der Waals surface area contributed by atoms with Crippen molar-refractivity contribution in [1.29, 1.82) is 0 Å². The highest BCUT2D eigenvalue weighted by molar-refractivity contribution is 5.97. The van der Waals surface area contributed by atoms with Crippen LogP contribution in [0.5, 0.6) is 0 Å². The van der Waals surface area contributed by atoms with Crippen LogP contribution in [0.2, 0.25) is 0 Å². The number of rotatable bonds is 3. The number of carbonyl (C=O) groups excluding carboxylic acids is 2. The molecule has 3 aliphatic rings. The lowest BCUT2D eigenvalue weighted by molar-refractivity contribution is -0.148. The van der Waals surface area contributed by atoms with E-state index in [2.05, 4.69) is 55.6 Å². The number of fused-ring (bicyclic) bond motifs is 1. The zero-order chi connectivity index (χ0) is 23.4. The van der Waals surface area contributed by atoms with Crippen LogP contribution in [-0.2, 0) is 14.3 Å². The van der Waals surface area contributed by atoms with Crippen LogP contribution >= 0.6 is 0 Å². The van der Waals surface area contributed by atoms with Gasteiger partial charge in [0.1, 0.15) is 6.10 Å². The first-order valence-corrected chi connectivity index (χ1v) is 12.2. The molecule has 2 aliphatic carbocycles. The number of amides is 1. The minimum absolute atomic E-state index is 0.0104. The Morgan fingerprint density at radius 3 is 2.47 bits per heavy atom. The Morgan fingerprint density at radius 1 is 0.941 bits per heavy atom. The maximum absolute atomic E-state index is 13.8. The van der Waals surface area contributed by atoms with Gasteiger partial charge >= 0.3 is 5.97 Å². The first kappa shape index (κ1) is 21.2. The molecule has 1 N–H and O–H groups in total. The minimum atomic E-state index is -0.520. The highest BCUT2D eigenvalue weighted by Crippen LogP contribution is 2.56. The van der Waals surface area contributed by atoms with Crippen molar-refractivity contribution in [1.82, 2.24) is 0 Å². The van der Waals surface area contributed by atoms with Crippen molar-refractivity contribution in [2.45, 2.75) is 38.7 Å². The summed E-state index contributed by atoms with van der Waals surface area (Å²) in [6, 6.07) is 24.1. The molecule has 0 bridgehead atoms. The molecule has 172 valence electrons. The number of hydrogen-bond acceptors (Lipinski definition) is 3. The summed E-state index contributed by atoms with van der Waals surface area (Å²) in [5, 5.41) is 5.39. The molecule has 3 aromatic carbocycles. The van der Waals surface area contributed by atoms with Crippen molar-refractivity contribution in [3.63, 3.8) is 0 Å². The summed E-state index contributed by atoms with van der Waals surface area (Å²) in [7, 11) is 0. The quantitative estimate of drug-likeness (QED) is 0.387. The Balaban J connectivity index is 1.48. The fourth-order valence-corrected chi connectivity index (χ4v) is 6.49. The van der Waals surface area contributed by atoms with Gasteiger partial charge < -0.3 is 10.1 Å². The average molecular weight is 452 g/mol. The average Bonchev–Trinajstić information content (AvgIpc) is 3.14. The molecule has 1 heterocycles. The van der Waals surface area contributed by atoms with Crippen molar-refractivity contribution in [3.05, 3.63) is 90.0 Å². The largest absolute Gasteiger partial charge is 0.461 e. The van der Waals surface area contributed by atoms with E-state index in [0.717, 1.165) is 34.9 Å². The lowest BCUT2D eigenvalue weighted by atomic mass is 9.58. The van der Waals surface area contributed by atoms with E-state index in [4.69, 9.17) is 4.74 Å². The van der Waals surface area contributed by atoms with Gasteiger partial charge in [-0.25, -0.2) is 0 Å². The van der Waals surface area contributed by atoms with Crippen molar-refractivity contribution in [2.75, 3.05) is 5.32 Å². The van der Waals surface area contributed by atoms with Gasteiger partial charge in [0, 0.05) is 17.5 Å². The third-order valence-electron chi connectivity index (χ3n) is 7.86. The molecule has 1 aliphatic heterocycles. The number of anilines is 1. The van der Waals surface area contributed by atoms with Crippen LogP contribution in [0.15, 0.2) is 84.4 Å². The number of carbonyl (C=O) groups is 2. The molecule has 3 aromatic rings. The van der Waals surface area contributed by atoms with Crippen LogP contribution in [0.1, 0.15) is 38.2 Å². The number of benzene rings is 3. The zero-order valence-electron chi connectivity index (χ0n) is 19.5. The number of ether oxygens (including phenoxy) is 1.